The van der Waals surface area contributed by atoms with Gasteiger partial charge in [0.25, 0.3) is 5.79 Å². The lowest BCUT2D eigenvalue weighted by molar-refractivity contribution is -0.139. The Morgan fingerprint density at radius 1 is 1.00 bits per heavy atom. The van der Waals surface area contributed by atoms with Crippen molar-refractivity contribution in [3.63, 3.8) is 0 Å². The highest BCUT2D eigenvalue weighted by atomic mass is 35.5. The minimum atomic E-state index is -1.82. The van der Waals surface area contributed by atoms with Crippen molar-refractivity contribution in [1.82, 2.24) is 0 Å². The molecule has 1 spiro atoms. The van der Waals surface area contributed by atoms with Crippen LogP contribution in [0.1, 0.15) is 54.9 Å². The highest BCUT2D eigenvalue weighted by Crippen LogP contribution is 2.56. The average Bonchev–Trinajstić information content (AvgIpc) is 3.27. The minimum absolute atomic E-state index is 0. The molecule has 1 aliphatic carbocycles. The molecule has 2 aliphatic heterocycles. The molecule has 6 rings (SSSR count). The van der Waals surface area contributed by atoms with E-state index in [0.717, 1.165) is 13.2 Å². The molecule has 4 N–H and O–H groups in total. The number of halogens is 1. The minimum Gasteiger partial charge on any atom is -0.507 e. The fourth-order valence-electron chi connectivity index (χ4n) is 5.21. The first-order valence-electron chi connectivity index (χ1n) is 11.4. The van der Waals surface area contributed by atoms with Gasteiger partial charge in [0, 0.05) is 17.2 Å². The normalized spacial score (nSPS) is 20.5. The summed E-state index contributed by atoms with van der Waals surface area (Å²) in [5.41, 5.74) is -2.05. The summed E-state index contributed by atoms with van der Waals surface area (Å²) in [6.45, 7) is 0. The number of phenolic OH excluding ortho intramolecular Hbond substituents is 3. The fourth-order valence-corrected chi connectivity index (χ4v) is 5.21. The zero-order valence-corrected chi connectivity index (χ0v) is 21.4. The van der Waals surface area contributed by atoms with Crippen LogP contribution in [-0.2, 0) is 15.9 Å². The lowest BCUT2D eigenvalue weighted by Crippen LogP contribution is -2.45. The first kappa shape index (κ1) is 26.8. The van der Waals surface area contributed by atoms with Gasteiger partial charge in [-0.25, -0.2) is 9.59 Å². The van der Waals surface area contributed by atoms with Crippen LogP contribution in [-0.4, -0.2) is 58.0 Å². The largest absolute Gasteiger partial charge is 0.507 e. The summed E-state index contributed by atoms with van der Waals surface area (Å²) in [7, 11) is 2.26. The Morgan fingerprint density at radius 3 is 2.38 bits per heavy atom. The monoisotopic (exact) mass is 574 g/mol. The van der Waals surface area contributed by atoms with Gasteiger partial charge in [-0.3, -0.25) is 9.59 Å². The first-order valence-corrected chi connectivity index (χ1v) is 11.4. The number of ether oxygens (including phenoxy) is 4. The molecule has 2 unspecified atom stereocenters. The van der Waals surface area contributed by atoms with Crippen LogP contribution in [0.25, 0.3) is 10.8 Å². The molecular formula is C26H19ClO13. The number of fused-ring (bicyclic) bond motifs is 4. The topological polar surface area (TPSA) is 199 Å². The fraction of sp³-hybridized carbons (Fsp3) is 0.231. The Balaban J connectivity index is 0.00000323. The van der Waals surface area contributed by atoms with Gasteiger partial charge in [0.2, 0.25) is 11.5 Å². The van der Waals surface area contributed by atoms with Crippen molar-refractivity contribution >= 4 is 40.7 Å². The Kier molecular flexibility index (Phi) is 5.97. The van der Waals surface area contributed by atoms with Crippen molar-refractivity contribution in [3.05, 3.63) is 62.4 Å². The van der Waals surface area contributed by atoms with E-state index in [1.807, 2.05) is 0 Å². The molecule has 0 saturated carbocycles. The number of benzene rings is 2. The smallest absolute Gasteiger partial charge is 0.374 e. The zero-order chi connectivity index (χ0) is 28.0. The number of rotatable bonds is 2. The molecule has 2 aromatic carbocycles. The highest BCUT2D eigenvalue weighted by Gasteiger charge is 2.52. The second-order valence-corrected chi connectivity index (χ2v) is 9.17. The van der Waals surface area contributed by atoms with Crippen LogP contribution >= 0.6 is 12.4 Å². The van der Waals surface area contributed by atoms with E-state index in [1.165, 1.54) is 19.2 Å². The van der Waals surface area contributed by atoms with E-state index >= 15 is 0 Å². The van der Waals surface area contributed by atoms with Crippen LogP contribution in [0.2, 0.25) is 0 Å². The number of phenols is 3. The molecule has 40 heavy (non-hydrogen) atoms. The number of esters is 1. The number of aliphatic hydroxyl groups is 1. The van der Waals surface area contributed by atoms with Crippen molar-refractivity contribution in [2.75, 3.05) is 14.2 Å². The van der Waals surface area contributed by atoms with Gasteiger partial charge in [-0.05, 0) is 17.5 Å². The molecule has 208 valence electrons. The number of ketones is 2. The third-order valence-electron chi connectivity index (χ3n) is 6.96. The molecule has 0 fully saturated rings. The van der Waals surface area contributed by atoms with Gasteiger partial charge in [0.05, 0.1) is 44.3 Å². The number of aliphatic hydroxyl groups excluding tert-OH is 1. The van der Waals surface area contributed by atoms with Crippen molar-refractivity contribution in [1.29, 1.82) is 0 Å². The second-order valence-electron chi connectivity index (χ2n) is 9.17. The zero-order valence-electron chi connectivity index (χ0n) is 20.6. The van der Waals surface area contributed by atoms with E-state index in [2.05, 4.69) is 4.74 Å². The van der Waals surface area contributed by atoms with Gasteiger partial charge >= 0.3 is 11.6 Å². The van der Waals surface area contributed by atoms with E-state index in [-0.39, 0.29) is 64.4 Å². The molecule has 0 amide bonds. The number of allylic oxidation sites excluding steroid dienone is 2. The van der Waals surface area contributed by atoms with Gasteiger partial charge in [-0.1, -0.05) is 0 Å². The number of methoxy groups -OCH3 is 2. The van der Waals surface area contributed by atoms with Gasteiger partial charge < -0.3 is 43.8 Å². The molecule has 3 aromatic rings. The number of hydrogen-bond acceptors (Lipinski definition) is 13. The van der Waals surface area contributed by atoms with Crippen LogP contribution in [0, 0.1) is 0 Å². The SMILES string of the molecule is COC(=O)c1cc2cc3c(c(O)c2c(=O)o1)OC1(Cc2c(O)c4c(c(O)c2O1)C(=O)C(OC)=CC4=O)CC3O.Cl. The molecule has 3 aliphatic rings. The van der Waals surface area contributed by atoms with Crippen molar-refractivity contribution in [3.8, 4) is 28.7 Å². The summed E-state index contributed by atoms with van der Waals surface area (Å²) >= 11 is 0. The van der Waals surface area contributed by atoms with Crippen LogP contribution in [0.3, 0.4) is 0 Å². The molecule has 13 nitrogen and oxygen atoms in total. The second kappa shape index (κ2) is 8.89. The Bertz CT molecular complexity index is 1770. The van der Waals surface area contributed by atoms with E-state index in [4.69, 9.17) is 18.6 Å². The summed E-state index contributed by atoms with van der Waals surface area (Å²) < 4.78 is 26.2. The van der Waals surface area contributed by atoms with E-state index < -0.39 is 69.2 Å². The standard InChI is InChI=1S/C26H18O13.ClH/c1-35-13-5-11(27)16-17(19(13)30)21(32)23-10(18(16)29)6-26(39-23)7-12(28)9-3-8-4-14(24(33)36-2)37-25(34)15(8)20(31)22(9)38-26;/h3-5,12,28-29,31-32H,6-7H2,1-2H3;1H. The molecule has 0 bridgehead atoms. The van der Waals surface area contributed by atoms with Crippen LogP contribution in [0.15, 0.2) is 33.2 Å². The number of carbonyl (C=O) groups excluding carboxylic acids is 3. The summed E-state index contributed by atoms with van der Waals surface area (Å²) in [4.78, 5) is 49.9. The van der Waals surface area contributed by atoms with Gasteiger partial charge in [-0.15, -0.1) is 12.4 Å². The molecule has 14 heteroatoms. The van der Waals surface area contributed by atoms with Crippen LogP contribution in [0.4, 0.5) is 0 Å². The van der Waals surface area contributed by atoms with E-state index in [1.54, 1.807) is 0 Å². The van der Waals surface area contributed by atoms with Crippen LogP contribution < -0.4 is 15.1 Å². The highest BCUT2D eigenvalue weighted by molar-refractivity contribution is 6.26. The van der Waals surface area contributed by atoms with Crippen molar-refractivity contribution in [2.45, 2.75) is 24.7 Å². The summed E-state index contributed by atoms with van der Waals surface area (Å²) in [5.74, 6) is -7.93. The average molecular weight is 575 g/mol. The van der Waals surface area contributed by atoms with Gasteiger partial charge in [0.15, 0.2) is 34.5 Å². The maximum Gasteiger partial charge on any atom is 0.374 e. The third-order valence-corrected chi connectivity index (χ3v) is 6.96. The van der Waals surface area contributed by atoms with E-state index in [9.17, 15) is 39.6 Å². The Hall–Kier alpha value is -4.75. The molecular weight excluding hydrogens is 556 g/mol. The Labute approximate surface area is 229 Å². The molecule has 0 saturated heterocycles. The predicted octanol–water partition coefficient (Wildman–Crippen LogP) is 2.17. The molecule has 1 aromatic heterocycles. The maximum atomic E-state index is 12.8. The van der Waals surface area contributed by atoms with Crippen molar-refractivity contribution in [2.24, 2.45) is 0 Å². The summed E-state index contributed by atoms with van der Waals surface area (Å²) in [6.07, 6.45) is -1.09. The number of aromatic hydroxyl groups is 3. The predicted molar refractivity (Wildman–Crippen MR) is 134 cm³/mol. The van der Waals surface area contributed by atoms with Gasteiger partial charge in [-0.2, -0.15) is 0 Å². The summed E-state index contributed by atoms with van der Waals surface area (Å²) in [5, 5.41) is 43.6. The Morgan fingerprint density at radius 2 is 1.70 bits per heavy atom. The number of Topliss-reactive ketones (excluding diaryl/α,β-unsaturated/α-hetero) is 1. The first-order chi connectivity index (χ1) is 18.5. The number of hydrogen-bond donors (Lipinski definition) is 4. The third kappa shape index (κ3) is 3.51. The molecule has 0 radical (unpaired) electrons. The lowest BCUT2D eigenvalue weighted by atomic mass is 9.87. The molecule has 2 atom stereocenters. The summed E-state index contributed by atoms with van der Waals surface area (Å²) in [6, 6.07) is 2.49. The molecule has 3 heterocycles. The van der Waals surface area contributed by atoms with Gasteiger partial charge in [0.1, 0.15) is 11.1 Å². The quantitative estimate of drug-likeness (QED) is 0.256. The van der Waals surface area contributed by atoms with Crippen molar-refractivity contribution < 1.29 is 58.2 Å². The lowest BCUT2D eigenvalue weighted by Gasteiger charge is -2.37. The maximum absolute atomic E-state index is 12.8. The van der Waals surface area contributed by atoms with E-state index in [0.29, 0.717) is 0 Å². The van der Waals surface area contributed by atoms with Crippen LogP contribution in [0.5, 0.6) is 28.7 Å². The number of carbonyl (C=O) groups is 3.